The van der Waals surface area contributed by atoms with Crippen LogP contribution in [0.4, 0.5) is 0 Å². The summed E-state index contributed by atoms with van der Waals surface area (Å²) in [6.45, 7) is 5.10. The molecule has 2 aliphatic rings. The van der Waals surface area contributed by atoms with Crippen molar-refractivity contribution in [1.82, 2.24) is 10.2 Å². The molecule has 2 atom stereocenters. The number of ether oxygens (including phenoxy) is 1. The summed E-state index contributed by atoms with van der Waals surface area (Å²) in [5, 5.41) is 12.7. The Morgan fingerprint density at radius 1 is 1.35 bits per heavy atom. The van der Waals surface area contributed by atoms with E-state index in [1.807, 2.05) is 25.1 Å². The van der Waals surface area contributed by atoms with Gasteiger partial charge in [-0.05, 0) is 25.8 Å². The second-order valence-electron chi connectivity index (χ2n) is 6.57. The Morgan fingerprint density at radius 2 is 2.13 bits per heavy atom. The zero-order chi connectivity index (χ0) is 16.2. The number of rotatable bonds is 7. The molecule has 1 aromatic rings. The highest BCUT2D eigenvalue weighted by Crippen LogP contribution is 2.30. The van der Waals surface area contributed by atoms with Gasteiger partial charge < -0.3 is 15.2 Å². The first-order valence-corrected chi connectivity index (χ1v) is 8.55. The van der Waals surface area contributed by atoms with E-state index in [1.165, 1.54) is 0 Å². The van der Waals surface area contributed by atoms with Crippen LogP contribution in [0.1, 0.15) is 25.3 Å². The van der Waals surface area contributed by atoms with E-state index in [4.69, 9.17) is 4.74 Å². The van der Waals surface area contributed by atoms with Crippen LogP contribution < -0.4 is 10.1 Å². The fourth-order valence-corrected chi connectivity index (χ4v) is 3.26. The number of carbonyl (C=O) groups excluding carboxylic acids is 1. The maximum atomic E-state index is 12.0. The summed E-state index contributed by atoms with van der Waals surface area (Å²) in [7, 11) is 0. The minimum absolute atomic E-state index is 0.0485. The van der Waals surface area contributed by atoms with Gasteiger partial charge in [0, 0.05) is 49.7 Å². The van der Waals surface area contributed by atoms with Crippen molar-refractivity contribution in [3.63, 3.8) is 0 Å². The molecule has 23 heavy (non-hydrogen) atoms. The van der Waals surface area contributed by atoms with E-state index < -0.39 is 0 Å². The monoisotopic (exact) mass is 318 g/mol. The van der Waals surface area contributed by atoms with Crippen LogP contribution in [0.3, 0.4) is 0 Å². The highest BCUT2D eigenvalue weighted by atomic mass is 16.5. The van der Waals surface area contributed by atoms with Crippen LogP contribution in [-0.2, 0) is 11.3 Å². The molecule has 1 aliphatic heterocycles. The molecule has 0 spiro atoms. The van der Waals surface area contributed by atoms with Gasteiger partial charge in [-0.3, -0.25) is 9.69 Å². The average Bonchev–Trinajstić information content (AvgIpc) is 3.33. The van der Waals surface area contributed by atoms with Gasteiger partial charge in [0.25, 0.3) is 0 Å². The maximum Gasteiger partial charge on any atom is 0.223 e. The van der Waals surface area contributed by atoms with Crippen LogP contribution in [0.2, 0.25) is 0 Å². The minimum atomic E-state index is 0.0485. The smallest absolute Gasteiger partial charge is 0.223 e. The van der Waals surface area contributed by atoms with Gasteiger partial charge in [0.2, 0.25) is 5.91 Å². The second kappa shape index (κ2) is 7.32. The first kappa shape index (κ1) is 16.3. The van der Waals surface area contributed by atoms with E-state index >= 15 is 0 Å². The molecular formula is C18H26N2O3. The summed E-state index contributed by atoms with van der Waals surface area (Å²) in [6, 6.07) is 8.12. The normalized spacial score (nSPS) is 24.6. The SMILES string of the molecule is CCOc1ccccc1CN1C[C@@H](CO)[C@H](NC(=O)C2CC2)C1. The van der Waals surface area contributed by atoms with Crippen molar-refractivity contribution in [2.75, 3.05) is 26.3 Å². The highest BCUT2D eigenvalue weighted by molar-refractivity contribution is 5.81. The van der Waals surface area contributed by atoms with Crippen molar-refractivity contribution >= 4 is 5.91 Å². The van der Waals surface area contributed by atoms with Crippen molar-refractivity contribution in [2.45, 2.75) is 32.4 Å². The number of para-hydroxylation sites is 1. The first-order chi connectivity index (χ1) is 11.2. The Labute approximate surface area is 137 Å². The molecule has 1 heterocycles. The predicted molar refractivity (Wildman–Crippen MR) is 88.1 cm³/mol. The van der Waals surface area contributed by atoms with E-state index in [9.17, 15) is 9.90 Å². The van der Waals surface area contributed by atoms with Gasteiger partial charge in [0.1, 0.15) is 5.75 Å². The van der Waals surface area contributed by atoms with Crippen LogP contribution in [0.25, 0.3) is 0 Å². The molecule has 0 bridgehead atoms. The maximum absolute atomic E-state index is 12.0. The number of nitrogens with zero attached hydrogens (tertiary/aromatic N) is 1. The highest BCUT2D eigenvalue weighted by Gasteiger charge is 2.37. The van der Waals surface area contributed by atoms with E-state index in [-0.39, 0.29) is 30.4 Å². The molecule has 1 amide bonds. The van der Waals surface area contributed by atoms with Gasteiger partial charge in [0.15, 0.2) is 0 Å². The number of hydrogen-bond donors (Lipinski definition) is 2. The summed E-state index contributed by atoms with van der Waals surface area (Å²) in [6.07, 6.45) is 2.02. The quantitative estimate of drug-likeness (QED) is 0.798. The number of amides is 1. The van der Waals surface area contributed by atoms with Crippen molar-refractivity contribution in [3.05, 3.63) is 29.8 Å². The van der Waals surface area contributed by atoms with Crippen LogP contribution in [-0.4, -0.2) is 48.3 Å². The third-order valence-corrected chi connectivity index (χ3v) is 4.69. The number of likely N-dealkylation sites (tertiary alicyclic amines) is 1. The molecular weight excluding hydrogens is 292 g/mol. The molecule has 5 nitrogen and oxygen atoms in total. The molecule has 1 aliphatic carbocycles. The standard InChI is InChI=1S/C18H26N2O3/c1-2-23-17-6-4-3-5-14(17)9-20-10-15(12-21)16(11-20)19-18(22)13-7-8-13/h3-6,13,15-16,21H,2,7-12H2,1H3,(H,19,22)/t15-,16+/m0/s1. The molecule has 0 radical (unpaired) electrons. The van der Waals surface area contributed by atoms with E-state index in [1.54, 1.807) is 0 Å². The lowest BCUT2D eigenvalue weighted by atomic mass is 10.1. The largest absolute Gasteiger partial charge is 0.494 e. The zero-order valence-corrected chi connectivity index (χ0v) is 13.7. The van der Waals surface area contributed by atoms with E-state index in [0.717, 1.165) is 43.8 Å². The van der Waals surface area contributed by atoms with Crippen molar-refractivity contribution < 1.29 is 14.6 Å². The van der Waals surface area contributed by atoms with Crippen LogP contribution >= 0.6 is 0 Å². The minimum Gasteiger partial charge on any atom is -0.494 e. The van der Waals surface area contributed by atoms with Crippen LogP contribution in [0, 0.1) is 11.8 Å². The molecule has 5 heteroatoms. The molecule has 3 rings (SSSR count). The lowest BCUT2D eigenvalue weighted by Gasteiger charge is -2.19. The predicted octanol–water partition coefficient (Wildman–Crippen LogP) is 1.40. The fraction of sp³-hybridized carbons (Fsp3) is 0.611. The number of benzene rings is 1. The lowest BCUT2D eigenvalue weighted by Crippen LogP contribution is -2.42. The summed E-state index contributed by atoms with van der Waals surface area (Å²) in [4.78, 5) is 14.3. The van der Waals surface area contributed by atoms with E-state index in [2.05, 4.69) is 16.3 Å². The summed E-state index contributed by atoms with van der Waals surface area (Å²) >= 11 is 0. The van der Waals surface area contributed by atoms with Gasteiger partial charge in [-0.25, -0.2) is 0 Å². The van der Waals surface area contributed by atoms with Gasteiger partial charge in [-0.2, -0.15) is 0 Å². The summed E-state index contributed by atoms with van der Waals surface area (Å²) in [5.41, 5.74) is 1.15. The number of hydrogen-bond acceptors (Lipinski definition) is 4. The Balaban J connectivity index is 1.61. The summed E-state index contributed by atoms with van der Waals surface area (Å²) < 4.78 is 5.69. The number of carbonyl (C=O) groups is 1. The molecule has 0 unspecified atom stereocenters. The summed E-state index contributed by atoms with van der Waals surface area (Å²) in [5.74, 6) is 1.39. The zero-order valence-electron chi connectivity index (χ0n) is 13.7. The molecule has 0 aromatic heterocycles. The van der Waals surface area contributed by atoms with Crippen molar-refractivity contribution in [3.8, 4) is 5.75 Å². The van der Waals surface area contributed by atoms with Gasteiger partial charge in [-0.15, -0.1) is 0 Å². The molecule has 1 saturated heterocycles. The Morgan fingerprint density at radius 3 is 2.83 bits per heavy atom. The topological polar surface area (TPSA) is 61.8 Å². The second-order valence-corrected chi connectivity index (χ2v) is 6.57. The molecule has 2 N–H and O–H groups in total. The number of aliphatic hydroxyl groups is 1. The Kier molecular flexibility index (Phi) is 5.18. The van der Waals surface area contributed by atoms with Crippen molar-refractivity contribution in [1.29, 1.82) is 0 Å². The van der Waals surface area contributed by atoms with Gasteiger partial charge >= 0.3 is 0 Å². The molecule has 1 aromatic carbocycles. The van der Waals surface area contributed by atoms with Gasteiger partial charge in [-0.1, -0.05) is 18.2 Å². The average molecular weight is 318 g/mol. The van der Waals surface area contributed by atoms with Crippen LogP contribution in [0.15, 0.2) is 24.3 Å². The van der Waals surface area contributed by atoms with E-state index in [0.29, 0.717) is 6.61 Å². The molecule has 1 saturated carbocycles. The first-order valence-electron chi connectivity index (χ1n) is 8.55. The fourth-order valence-electron chi connectivity index (χ4n) is 3.26. The number of nitrogens with one attached hydrogen (secondary N) is 1. The Hall–Kier alpha value is -1.59. The van der Waals surface area contributed by atoms with Crippen LogP contribution in [0.5, 0.6) is 5.75 Å². The third kappa shape index (κ3) is 4.03. The molecule has 2 fully saturated rings. The Bertz CT molecular complexity index is 545. The number of aliphatic hydroxyl groups excluding tert-OH is 1. The lowest BCUT2D eigenvalue weighted by molar-refractivity contribution is -0.123. The van der Waals surface area contributed by atoms with Gasteiger partial charge in [0.05, 0.1) is 6.61 Å². The van der Waals surface area contributed by atoms with Crippen molar-refractivity contribution in [2.24, 2.45) is 11.8 Å². The third-order valence-electron chi connectivity index (χ3n) is 4.69. The molecule has 126 valence electrons.